The molecule has 8 heteroatoms. The molecule has 1 N–H and O–H groups in total. The Bertz CT molecular complexity index is 4230. The Balaban J connectivity index is 0.000000146. The molecule has 0 spiro atoms. The summed E-state index contributed by atoms with van der Waals surface area (Å²) in [5.41, 5.74) is 13.6. The molecular weight excluding hydrogens is 919 g/mol. The maximum Gasteiger partial charge on any atom is 0.569 e. The van der Waals surface area contributed by atoms with Gasteiger partial charge in [0.05, 0.1) is 26.8 Å². The summed E-state index contributed by atoms with van der Waals surface area (Å²) >= 11 is 5.45. The maximum absolute atomic E-state index is 9.25. The van der Waals surface area contributed by atoms with Crippen molar-refractivity contribution in [3.8, 4) is 39.4 Å². The van der Waals surface area contributed by atoms with Gasteiger partial charge in [0.15, 0.2) is 0 Å². The fraction of sp³-hybridized carbons (Fsp3) is 0. The summed E-state index contributed by atoms with van der Waals surface area (Å²) in [6.45, 7) is 0. The van der Waals surface area contributed by atoms with Crippen LogP contribution in [0.25, 0.3) is 119 Å². The Hall–Kier alpha value is -7.88. The molecule has 14 rings (SSSR count). The van der Waals surface area contributed by atoms with Crippen molar-refractivity contribution in [2.45, 2.75) is 0 Å². The Morgan fingerprint density at radius 3 is 1.81 bits per heavy atom. The van der Waals surface area contributed by atoms with Crippen molar-refractivity contribution < 1.29 is 14.1 Å². The second-order valence-electron chi connectivity index (χ2n) is 17.0. The van der Waals surface area contributed by atoms with Crippen molar-refractivity contribution in [2.24, 2.45) is 0 Å². The number of aromatic nitrogens is 2. The van der Waals surface area contributed by atoms with Crippen LogP contribution in [0.15, 0.2) is 227 Å². The molecule has 0 unspecified atom stereocenters. The van der Waals surface area contributed by atoms with Crippen LogP contribution in [0.4, 0.5) is 0 Å². The molecule has 0 fully saturated rings. The zero-order valence-corrected chi connectivity index (χ0v) is 38.7. The third kappa shape index (κ3) is 6.71. The molecule has 0 atom stereocenters. The second-order valence-corrected chi connectivity index (χ2v) is 18.9. The highest BCUT2D eigenvalue weighted by molar-refractivity contribution is 9.10. The number of hydrogen-bond donors (Lipinski definition) is 1. The Morgan fingerprint density at radius 1 is 0.426 bits per heavy atom. The molecule has 0 bridgehead atoms. The van der Waals surface area contributed by atoms with Gasteiger partial charge in [-0.3, -0.25) is 0 Å². The first-order valence-corrected chi connectivity index (χ1v) is 24.1. The summed E-state index contributed by atoms with van der Waals surface area (Å²) in [5.74, 6) is 0.602. The lowest BCUT2D eigenvalue weighted by Gasteiger charge is -2.11. The SMILES string of the molecule is Brc1ccc2c(c1)c1ccccc1n2-c1ccc2oc3ccccc3c2c1.O[B]Oc1ccc2c(c1)c1ccc3c4ccccc4sc3c1n2-c1ccc(-c2ccc(-c3ccccc3)cc2)cc1. The Morgan fingerprint density at radius 2 is 1.01 bits per heavy atom. The second kappa shape index (κ2) is 16.5. The first kappa shape index (κ1) is 40.4. The molecule has 0 aliphatic carbocycles. The summed E-state index contributed by atoms with van der Waals surface area (Å²) in [5, 5.41) is 18.8. The van der Waals surface area contributed by atoms with Crippen molar-refractivity contribution in [3.05, 3.63) is 223 Å². The van der Waals surface area contributed by atoms with E-state index in [0.717, 1.165) is 61.8 Å². The summed E-state index contributed by atoms with van der Waals surface area (Å²) in [6.07, 6.45) is 0. The number of fused-ring (bicyclic) bond motifs is 13. The van der Waals surface area contributed by atoms with Crippen molar-refractivity contribution in [2.75, 3.05) is 0 Å². The molecule has 4 heterocycles. The van der Waals surface area contributed by atoms with E-state index >= 15 is 0 Å². The lowest BCUT2D eigenvalue weighted by molar-refractivity contribution is 0.454. The molecule has 4 aromatic heterocycles. The van der Waals surface area contributed by atoms with Gasteiger partial charge in [-0.15, -0.1) is 11.3 Å². The molecule has 0 aliphatic heterocycles. The molecule has 0 aliphatic rings. The number of furan rings is 1. The van der Waals surface area contributed by atoms with Crippen LogP contribution in [-0.4, -0.2) is 21.8 Å². The topological polar surface area (TPSA) is 52.5 Å². The van der Waals surface area contributed by atoms with Gasteiger partial charge >= 0.3 is 7.69 Å². The molecular formula is C60H37BBrN2O3S. The fourth-order valence-electron chi connectivity index (χ4n) is 10.0. The smallest absolute Gasteiger partial charge is 0.537 e. The highest BCUT2D eigenvalue weighted by Gasteiger charge is 2.19. The monoisotopic (exact) mass is 955 g/mol. The fourth-order valence-corrected chi connectivity index (χ4v) is 11.6. The minimum Gasteiger partial charge on any atom is -0.537 e. The molecule has 1 radical (unpaired) electrons. The van der Waals surface area contributed by atoms with Crippen molar-refractivity contribution in [3.63, 3.8) is 0 Å². The van der Waals surface area contributed by atoms with Crippen LogP contribution >= 0.6 is 27.3 Å². The molecule has 5 nitrogen and oxygen atoms in total. The normalized spacial score (nSPS) is 11.7. The van der Waals surface area contributed by atoms with Gasteiger partial charge in [-0.1, -0.05) is 149 Å². The lowest BCUT2D eigenvalue weighted by Crippen LogP contribution is -1.99. The molecule has 321 valence electrons. The highest BCUT2D eigenvalue weighted by Crippen LogP contribution is 2.44. The number of para-hydroxylation sites is 2. The average Bonchev–Trinajstić information content (AvgIpc) is 4.14. The van der Waals surface area contributed by atoms with Gasteiger partial charge < -0.3 is 23.2 Å². The standard InChI is InChI=1S/C36H23BNO2S.C24H14BrNO/c39-37-40-28-18-21-33-32(22-28)30-19-20-31-29-8-4-5-9-34(29)41-36(31)35(30)38(33)27-16-14-26(15-17-27)25-12-10-24(11-13-25)23-6-2-1-3-7-23;25-15-9-11-22-19(13-15)17-5-1-3-7-21(17)26(22)16-10-12-24-20(14-16)18-6-2-4-8-23(18)27-24/h1-22,39H;1-14H. The van der Waals surface area contributed by atoms with Crippen molar-refractivity contribution >= 4 is 121 Å². The Kier molecular flexibility index (Phi) is 9.79. The number of benzene rings is 10. The summed E-state index contributed by atoms with van der Waals surface area (Å²) < 4.78 is 19.7. The summed E-state index contributed by atoms with van der Waals surface area (Å²) in [7, 11) is 0.732. The van der Waals surface area contributed by atoms with Gasteiger partial charge in [0.25, 0.3) is 0 Å². The average molecular weight is 957 g/mol. The van der Waals surface area contributed by atoms with Crippen LogP contribution in [0, 0.1) is 0 Å². The van der Waals surface area contributed by atoms with E-state index < -0.39 is 0 Å². The van der Waals surface area contributed by atoms with Crippen LogP contribution < -0.4 is 4.65 Å². The zero-order valence-electron chi connectivity index (χ0n) is 36.3. The zero-order chi connectivity index (χ0) is 45.3. The van der Waals surface area contributed by atoms with E-state index in [2.05, 4.69) is 213 Å². The highest BCUT2D eigenvalue weighted by atomic mass is 79.9. The van der Waals surface area contributed by atoms with Gasteiger partial charge in [-0.2, -0.15) is 0 Å². The molecule has 0 amide bonds. The van der Waals surface area contributed by atoms with Crippen LogP contribution in [-0.2, 0) is 0 Å². The Labute approximate surface area is 403 Å². The number of hydrogen-bond acceptors (Lipinski definition) is 4. The molecule has 68 heavy (non-hydrogen) atoms. The molecule has 10 aromatic carbocycles. The van der Waals surface area contributed by atoms with Gasteiger partial charge in [0.2, 0.25) is 0 Å². The van der Waals surface area contributed by atoms with E-state index in [1.807, 2.05) is 41.7 Å². The van der Waals surface area contributed by atoms with Gasteiger partial charge in [-0.05, 0) is 107 Å². The van der Waals surface area contributed by atoms with Crippen LogP contribution in [0.2, 0.25) is 0 Å². The largest absolute Gasteiger partial charge is 0.569 e. The van der Waals surface area contributed by atoms with E-state index in [9.17, 15) is 5.02 Å². The third-order valence-electron chi connectivity index (χ3n) is 13.1. The van der Waals surface area contributed by atoms with E-state index in [1.165, 1.54) is 69.7 Å². The third-order valence-corrected chi connectivity index (χ3v) is 14.8. The minimum absolute atomic E-state index is 0.602. The van der Waals surface area contributed by atoms with Gasteiger partial charge in [0.1, 0.15) is 16.9 Å². The van der Waals surface area contributed by atoms with Crippen molar-refractivity contribution in [1.82, 2.24) is 9.13 Å². The van der Waals surface area contributed by atoms with Crippen LogP contribution in [0.3, 0.4) is 0 Å². The van der Waals surface area contributed by atoms with E-state index in [0.29, 0.717) is 5.75 Å². The van der Waals surface area contributed by atoms with Crippen LogP contribution in [0.5, 0.6) is 5.75 Å². The van der Waals surface area contributed by atoms with Gasteiger partial charge in [0, 0.05) is 63.6 Å². The first-order chi connectivity index (χ1) is 33.6. The minimum atomic E-state index is 0.602. The lowest BCUT2D eigenvalue weighted by atomic mass is 10.0. The summed E-state index contributed by atoms with van der Waals surface area (Å²) in [6, 6.07) is 76.7. The molecule has 0 saturated heterocycles. The predicted molar refractivity (Wildman–Crippen MR) is 289 cm³/mol. The maximum atomic E-state index is 9.25. The quantitative estimate of drug-likeness (QED) is 0.169. The van der Waals surface area contributed by atoms with E-state index in [4.69, 9.17) is 9.07 Å². The van der Waals surface area contributed by atoms with E-state index in [-0.39, 0.29) is 0 Å². The number of halogens is 1. The molecule has 0 saturated carbocycles. The number of nitrogens with zero attached hydrogens (tertiary/aromatic N) is 2. The predicted octanol–water partition coefficient (Wildman–Crippen LogP) is 16.8. The number of rotatable bonds is 6. The van der Waals surface area contributed by atoms with Gasteiger partial charge in [-0.25, -0.2) is 0 Å². The first-order valence-electron chi connectivity index (χ1n) is 22.5. The van der Waals surface area contributed by atoms with Crippen LogP contribution in [0.1, 0.15) is 0 Å². The molecule has 14 aromatic rings. The summed E-state index contributed by atoms with van der Waals surface area (Å²) in [4.78, 5) is 0. The van der Waals surface area contributed by atoms with Crippen molar-refractivity contribution in [1.29, 1.82) is 0 Å². The van der Waals surface area contributed by atoms with E-state index in [1.54, 1.807) is 0 Å². The number of thiophene rings is 1.